The Morgan fingerprint density at radius 2 is 2.08 bits per heavy atom. The highest BCUT2D eigenvalue weighted by molar-refractivity contribution is 5.04. The van der Waals surface area contributed by atoms with E-state index in [1.807, 2.05) is 0 Å². The molecule has 2 fully saturated rings. The smallest absolute Gasteiger partial charge is 0.0101 e. The number of hydrogen-bond acceptors (Lipinski definition) is 1. The Morgan fingerprint density at radius 1 is 1.42 bits per heavy atom. The summed E-state index contributed by atoms with van der Waals surface area (Å²) >= 11 is 0. The second-order valence-corrected chi connectivity index (χ2v) is 5.03. The zero-order valence-electron chi connectivity index (χ0n) is 8.64. The van der Waals surface area contributed by atoms with Crippen molar-refractivity contribution in [1.82, 2.24) is 4.90 Å². The van der Waals surface area contributed by atoms with Gasteiger partial charge in [0, 0.05) is 18.6 Å². The van der Waals surface area contributed by atoms with E-state index >= 15 is 0 Å². The van der Waals surface area contributed by atoms with Gasteiger partial charge in [0.05, 0.1) is 0 Å². The number of nitrogens with zero attached hydrogens (tertiary/aromatic N) is 1. The monoisotopic (exact) mass is 167 g/mol. The van der Waals surface area contributed by atoms with E-state index in [4.69, 9.17) is 0 Å². The molecule has 12 heavy (non-hydrogen) atoms. The van der Waals surface area contributed by atoms with E-state index in [1.54, 1.807) is 0 Å². The van der Waals surface area contributed by atoms with Crippen molar-refractivity contribution in [2.75, 3.05) is 6.54 Å². The standard InChI is InChI=1S/C11H21N/c1-4-10-7-11(5-6-11)8-12(10)9(2)3/h9-10H,4-8H2,1-3H3/t10-/m1/s1. The van der Waals surface area contributed by atoms with Crippen LogP contribution in [0.4, 0.5) is 0 Å². The van der Waals surface area contributed by atoms with Gasteiger partial charge in [-0.25, -0.2) is 0 Å². The van der Waals surface area contributed by atoms with Crippen molar-refractivity contribution < 1.29 is 0 Å². The van der Waals surface area contributed by atoms with E-state index in [2.05, 4.69) is 25.7 Å². The maximum Gasteiger partial charge on any atom is 0.0101 e. The third-order valence-corrected chi connectivity index (χ3v) is 3.75. The Hall–Kier alpha value is -0.0400. The Kier molecular flexibility index (Phi) is 1.95. The summed E-state index contributed by atoms with van der Waals surface area (Å²) < 4.78 is 0. The molecule has 2 aliphatic rings. The molecule has 1 spiro atoms. The minimum Gasteiger partial charge on any atom is -0.297 e. The van der Waals surface area contributed by atoms with Crippen LogP contribution in [0, 0.1) is 5.41 Å². The lowest BCUT2D eigenvalue weighted by Gasteiger charge is -2.27. The van der Waals surface area contributed by atoms with Gasteiger partial charge in [0.25, 0.3) is 0 Å². The predicted molar refractivity (Wildman–Crippen MR) is 52.2 cm³/mol. The molecule has 0 aromatic rings. The molecular weight excluding hydrogens is 146 g/mol. The zero-order chi connectivity index (χ0) is 8.77. The van der Waals surface area contributed by atoms with Crippen molar-refractivity contribution in [2.45, 2.75) is 58.5 Å². The molecule has 1 heteroatoms. The maximum absolute atomic E-state index is 2.72. The number of likely N-dealkylation sites (tertiary alicyclic amines) is 1. The van der Waals surface area contributed by atoms with E-state index in [0.717, 1.165) is 17.5 Å². The van der Waals surface area contributed by atoms with Crippen LogP contribution < -0.4 is 0 Å². The van der Waals surface area contributed by atoms with E-state index in [0.29, 0.717) is 0 Å². The summed E-state index contributed by atoms with van der Waals surface area (Å²) in [6.45, 7) is 8.40. The lowest BCUT2D eigenvalue weighted by atomic mass is 10.0. The molecule has 1 saturated heterocycles. The Labute approximate surface area is 76.1 Å². The number of rotatable bonds is 2. The zero-order valence-corrected chi connectivity index (χ0v) is 8.64. The van der Waals surface area contributed by atoms with Gasteiger partial charge in [-0.15, -0.1) is 0 Å². The average molecular weight is 167 g/mol. The Bertz CT molecular complexity index is 170. The van der Waals surface area contributed by atoms with Gasteiger partial charge in [-0.1, -0.05) is 6.92 Å². The molecule has 0 N–H and O–H groups in total. The van der Waals surface area contributed by atoms with Crippen molar-refractivity contribution >= 4 is 0 Å². The van der Waals surface area contributed by atoms with Crippen molar-refractivity contribution in [3.05, 3.63) is 0 Å². The first kappa shape index (κ1) is 8.55. The van der Waals surface area contributed by atoms with E-state index in [-0.39, 0.29) is 0 Å². The van der Waals surface area contributed by atoms with Gasteiger partial charge in [-0.3, -0.25) is 4.90 Å². The van der Waals surface area contributed by atoms with E-state index in [9.17, 15) is 0 Å². The van der Waals surface area contributed by atoms with Crippen LogP contribution in [0.15, 0.2) is 0 Å². The summed E-state index contributed by atoms with van der Waals surface area (Å²) in [7, 11) is 0. The molecule has 1 nitrogen and oxygen atoms in total. The van der Waals surface area contributed by atoms with Crippen LogP contribution in [0.2, 0.25) is 0 Å². The molecule has 0 bridgehead atoms. The summed E-state index contributed by atoms with van der Waals surface area (Å²) in [6.07, 6.45) is 5.85. The molecule has 1 saturated carbocycles. The molecule has 70 valence electrons. The summed E-state index contributed by atoms with van der Waals surface area (Å²) in [5, 5.41) is 0. The quantitative estimate of drug-likeness (QED) is 0.611. The second-order valence-electron chi connectivity index (χ2n) is 5.03. The van der Waals surface area contributed by atoms with Crippen molar-refractivity contribution in [2.24, 2.45) is 5.41 Å². The van der Waals surface area contributed by atoms with Crippen LogP contribution in [0.1, 0.15) is 46.5 Å². The van der Waals surface area contributed by atoms with Crippen molar-refractivity contribution in [1.29, 1.82) is 0 Å². The summed E-state index contributed by atoms with van der Waals surface area (Å²) in [5.74, 6) is 0. The Morgan fingerprint density at radius 3 is 2.42 bits per heavy atom. The molecule has 1 atom stereocenters. The van der Waals surface area contributed by atoms with E-state index < -0.39 is 0 Å². The summed E-state index contributed by atoms with van der Waals surface area (Å²) in [6, 6.07) is 1.66. The fourth-order valence-corrected chi connectivity index (χ4v) is 2.72. The molecule has 0 unspecified atom stereocenters. The normalized spacial score (nSPS) is 33.5. The lowest BCUT2D eigenvalue weighted by Crippen LogP contribution is -2.35. The van der Waals surface area contributed by atoms with Gasteiger partial charge in [0.1, 0.15) is 0 Å². The molecule has 1 aliphatic carbocycles. The largest absolute Gasteiger partial charge is 0.297 e. The maximum atomic E-state index is 2.72. The molecule has 0 radical (unpaired) electrons. The topological polar surface area (TPSA) is 3.24 Å². The first-order valence-corrected chi connectivity index (χ1v) is 5.43. The summed E-state index contributed by atoms with van der Waals surface area (Å²) in [5.41, 5.74) is 0.797. The van der Waals surface area contributed by atoms with Crippen LogP contribution in [-0.2, 0) is 0 Å². The summed E-state index contributed by atoms with van der Waals surface area (Å²) in [4.78, 5) is 2.72. The SMILES string of the molecule is CC[C@@H]1CC2(CC2)CN1C(C)C. The fraction of sp³-hybridized carbons (Fsp3) is 1.00. The minimum absolute atomic E-state index is 0.759. The van der Waals surface area contributed by atoms with Crippen LogP contribution in [0.3, 0.4) is 0 Å². The molecular formula is C11H21N. The average Bonchev–Trinajstić information content (AvgIpc) is 2.62. The first-order valence-electron chi connectivity index (χ1n) is 5.43. The fourth-order valence-electron chi connectivity index (χ4n) is 2.72. The predicted octanol–water partition coefficient (Wildman–Crippen LogP) is 2.66. The van der Waals surface area contributed by atoms with Crippen molar-refractivity contribution in [3.63, 3.8) is 0 Å². The van der Waals surface area contributed by atoms with E-state index in [1.165, 1.54) is 32.2 Å². The van der Waals surface area contributed by atoms with Gasteiger partial charge < -0.3 is 0 Å². The van der Waals surface area contributed by atoms with Crippen LogP contribution >= 0.6 is 0 Å². The first-order chi connectivity index (χ1) is 5.67. The third kappa shape index (κ3) is 1.28. The highest BCUT2D eigenvalue weighted by Crippen LogP contribution is 2.55. The molecule has 1 heterocycles. The van der Waals surface area contributed by atoms with Crippen molar-refractivity contribution in [3.8, 4) is 0 Å². The Balaban J connectivity index is 2.03. The highest BCUT2D eigenvalue weighted by atomic mass is 15.2. The second kappa shape index (κ2) is 2.73. The van der Waals surface area contributed by atoms with Gasteiger partial charge in [-0.05, 0) is 44.9 Å². The molecule has 2 rings (SSSR count). The van der Waals surface area contributed by atoms with Gasteiger partial charge in [0.2, 0.25) is 0 Å². The molecule has 1 aliphatic heterocycles. The van der Waals surface area contributed by atoms with Gasteiger partial charge in [-0.2, -0.15) is 0 Å². The van der Waals surface area contributed by atoms with Gasteiger partial charge >= 0.3 is 0 Å². The highest BCUT2D eigenvalue weighted by Gasteiger charge is 2.51. The minimum atomic E-state index is 0.759. The molecule has 0 aromatic heterocycles. The van der Waals surface area contributed by atoms with Crippen LogP contribution in [0.5, 0.6) is 0 Å². The molecule has 0 amide bonds. The van der Waals surface area contributed by atoms with Gasteiger partial charge in [0.15, 0.2) is 0 Å². The lowest BCUT2D eigenvalue weighted by molar-refractivity contribution is 0.195. The number of hydrogen-bond donors (Lipinski definition) is 0. The molecule has 0 aromatic carbocycles. The van der Waals surface area contributed by atoms with Crippen LogP contribution in [-0.4, -0.2) is 23.5 Å². The third-order valence-electron chi connectivity index (χ3n) is 3.75. The van der Waals surface area contributed by atoms with Crippen LogP contribution in [0.25, 0.3) is 0 Å².